The van der Waals surface area contributed by atoms with Crippen LogP contribution in [0.1, 0.15) is 11.3 Å². The van der Waals surface area contributed by atoms with E-state index in [4.69, 9.17) is 0 Å². The standard InChI is InChI=1S/C20H18FN7O/c21-16-3-1-15(2-4-16)14-28-19(29)6-5-18(25-28)26-9-11-27(12-10-26)20-17(13-22)23-7-8-24-20/h1-8H,9-12,14H2. The molecule has 1 aliphatic rings. The number of anilines is 2. The molecule has 1 saturated heterocycles. The van der Waals surface area contributed by atoms with E-state index >= 15 is 0 Å². The Morgan fingerprint density at radius 1 is 0.966 bits per heavy atom. The smallest absolute Gasteiger partial charge is 0.267 e. The Kier molecular flexibility index (Phi) is 5.16. The van der Waals surface area contributed by atoms with Crippen molar-refractivity contribution in [2.75, 3.05) is 36.0 Å². The van der Waals surface area contributed by atoms with Crippen molar-refractivity contribution in [1.29, 1.82) is 5.26 Å². The summed E-state index contributed by atoms with van der Waals surface area (Å²) < 4.78 is 14.5. The van der Waals surface area contributed by atoms with Gasteiger partial charge in [-0.3, -0.25) is 4.79 Å². The van der Waals surface area contributed by atoms with Gasteiger partial charge in [-0.2, -0.15) is 10.4 Å². The van der Waals surface area contributed by atoms with Crippen LogP contribution in [0.15, 0.2) is 53.6 Å². The molecule has 0 aliphatic carbocycles. The van der Waals surface area contributed by atoms with Gasteiger partial charge in [-0.15, -0.1) is 0 Å². The summed E-state index contributed by atoms with van der Waals surface area (Å²) in [5.74, 6) is 0.971. The third-order valence-electron chi connectivity index (χ3n) is 4.79. The molecule has 1 aromatic carbocycles. The largest absolute Gasteiger partial charge is 0.352 e. The molecular formula is C20H18FN7O. The van der Waals surface area contributed by atoms with Crippen molar-refractivity contribution in [1.82, 2.24) is 19.7 Å². The van der Waals surface area contributed by atoms with Gasteiger partial charge in [-0.25, -0.2) is 19.0 Å². The van der Waals surface area contributed by atoms with E-state index in [9.17, 15) is 14.4 Å². The Bertz CT molecular complexity index is 1100. The molecule has 0 unspecified atom stereocenters. The average molecular weight is 391 g/mol. The molecule has 1 aliphatic heterocycles. The van der Waals surface area contributed by atoms with Gasteiger partial charge in [-0.1, -0.05) is 12.1 Å². The Morgan fingerprint density at radius 3 is 2.38 bits per heavy atom. The van der Waals surface area contributed by atoms with Crippen LogP contribution in [0, 0.1) is 17.1 Å². The zero-order chi connectivity index (χ0) is 20.2. The first kappa shape index (κ1) is 18.6. The lowest BCUT2D eigenvalue weighted by Crippen LogP contribution is -2.47. The van der Waals surface area contributed by atoms with E-state index in [1.165, 1.54) is 29.1 Å². The van der Waals surface area contributed by atoms with Crippen LogP contribution >= 0.6 is 0 Å². The second kappa shape index (κ2) is 8.06. The first-order valence-electron chi connectivity index (χ1n) is 9.17. The van der Waals surface area contributed by atoms with E-state index in [0.717, 1.165) is 5.56 Å². The molecule has 9 heteroatoms. The molecule has 0 spiro atoms. The number of aromatic nitrogens is 4. The number of nitriles is 1. The maximum atomic E-state index is 13.1. The van der Waals surface area contributed by atoms with Crippen molar-refractivity contribution in [3.8, 4) is 6.07 Å². The highest BCUT2D eigenvalue weighted by Gasteiger charge is 2.22. The number of rotatable bonds is 4. The summed E-state index contributed by atoms with van der Waals surface area (Å²) in [6.07, 6.45) is 3.09. The quantitative estimate of drug-likeness (QED) is 0.664. The van der Waals surface area contributed by atoms with E-state index in [1.54, 1.807) is 24.4 Å². The van der Waals surface area contributed by atoms with E-state index in [-0.39, 0.29) is 17.9 Å². The number of hydrogen-bond acceptors (Lipinski definition) is 7. The van der Waals surface area contributed by atoms with Crippen LogP contribution in [0.2, 0.25) is 0 Å². The summed E-state index contributed by atoms with van der Waals surface area (Å²) in [5, 5.41) is 13.7. The van der Waals surface area contributed by atoms with Gasteiger partial charge in [0.2, 0.25) is 0 Å². The van der Waals surface area contributed by atoms with Gasteiger partial charge in [0.15, 0.2) is 11.5 Å². The number of halogens is 1. The van der Waals surface area contributed by atoms with Gasteiger partial charge in [-0.05, 0) is 23.8 Å². The molecule has 3 heterocycles. The lowest BCUT2D eigenvalue weighted by Gasteiger charge is -2.36. The predicted octanol–water partition coefficient (Wildman–Crippen LogP) is 1.42. The third-order valence-corrected chi connectivity index (χ3v) is 4.79. The highest BCUT2D eigenvalue weighted by atomic mass is 19.1. The lowest BCUT2D eigenvalue weighted by molar-refractivity contribution is 0.596. The second-order valence-corrected chi connectivity index (χ2v) is 6.63. The molecule has 0 N–H and O–H groups in total. The number of benzene rings is 1. The van der Waals surface area contributed by atoms with E-state index in [2.05, 4.69) is 26.0 Å². The number of nitrogens with zero attached hydrogens (tertiary/aromatic N) is 7. The maximum absolute atomic E-state index is 13.1. The van der Waals surface area contributed by atoms with Crippen LogP contribution in [0.5, 0.6) is 0 Å². The van der Waals surface area contributed by atoms with Crippen molar-refractivity contribution in [2.45, 2.75) is 6.54 Å². The third kappa shape index (κ3) is 4.06. The van der Waals surface area contributed by atoms with Crippen LogP contribution in [0.3, 0.4) is 0 Å². The van der Waals surface area contributed by atoms with Crippen LogP contribution in [-0.4, -0.2) is 45.9 Å². The van der Waals surface area contributed by atoms with Crippen molar-refractivity contribution in [2.24, 2.45) is 0 Å². The summed E-state index contributed by atoms with van der Waals surface area (Å²) in [5.41, 5.74) is 0.900. The average Bonchev–Trinajstić information content (AvgIpc) is 2.77. The zero-order valence-electron chi connectivity index (χ0n) is 15.6. The molecule has 146 valence electrons. The van der Waals surface area contributed by atoms with Gasteiger partial charge in [0, 0.05) is 44.6 Å². The van der Waals surface area contributed by atoms with E-state index in [0.29, 0.717) is 43.5 Å². The Labute approximate surface area is 166 Å². The van der Waals surface area contributed by atoms with Gasteiger partial charge in [0.25, 0.3) is 5.56 Å². The molecule has 8 nitrogen and oxygen atoms in total. The Morgan fingerprint density at radius 2 is 1.66 bits per heavy atom. The first-order valence-corrected chi connectivity index (χ1v) is 9.17. The van der Waals surface area contributed by atoms with Gasteiger partial charge in [0.1, 0.15) is 17.7 Å². The Balaban J connectivity index is 1.48. The summed E-state index contributed by atoms with van der Waals surface area (Å²) >= 11 is 0. The number of piperazine rings is 1. The summed E-state index contributed by atoms with van der Waals surface area (Å²) in [6, 6.07) is 11.3. The number of hydrogen-bond donors (Lipinski definition) is 0. The van der Waals surface area contributed by atoms with Crippen LogP contribution in [-0.2, 0) is 6.54 Å². The van der Waals surface area contributed by atoms with E-state index in [1.807, 2.05) is 4.90 Å². The van der Waals surface area contributed by atoms with Crippen LogP contribution < -0.4 is 15.4 Å². The fourth-order valence-electron chi connectivity index (χ4n) is 3.27. The molecule has 1 fully saturated rings. The summed E-state index contributed by atoms with van der Waals surface area (Å²) in [6.45, 7) is 2.93. The molecule has 0 saturated carbocycles. The fourth-order valence-corrected chi connectivity index (χ4v) is 3.27. The summed E-state index contributed by atoms with van der Waals surface area (Å²) in [7, 11) is 0. The maximum Gasteiger partial charge on any atom is 0.267 e. The first-order chi connectivity index (χ1) is 14.1. The Hall–Kier alpha value is -3.80. The van der Waals surface area contributed by atoms with Gasteiger partial charge >= 0.3 is 0 Å². The van der Waals surface area contributed by atoms with Gasteiger partial charge < -0.3 is 9.80 Å². The minimum absolute atomic E-state index is 0.213. The molecule has 3 aromatic rings. The fraction of sp³-hybridized carbons (Fsp3) is 0.250. The van der Waals surface area contributed by atoms with Crippen LogP contribution in [0.4, 0.5) is 16.0 Å². The molecule has 29 heavy (non-hydrogen) atoms. The van der Waals surface area contributed by atoms with Gasteiger partial charge in [0.05, 0.1) is 6.54 Å². The monoisotopic (exact) mass is 391 g/mol. The molecule has 0 bridgehead atoms. The van der Waals surface area contributed by atoms with Crippen molar-refractivity contribution < 1.29 is 4.39 Å². The highest BCUT2D eigenvalue weighted by molar-refractivity contribution is 5.51. The molecular weight excluding hydrogens is 373 g/mol. The normalized spacial score (nSPS) is 13.9. The predicted molar refractivity (Wildman–Crippen MR) is 105 cm³/mol. The topological polar surface area (TPSA) is 90.9 Å². The molecule has 0 amide bonds. The molecule has 2 aromatic heterocycles. The minimum Gasteiger partial charge on any atom is -0.352 e. The van der Waals surface area contributed by atoms with Crippen molar-refractivity contribution in [3.05, 3.63) is 76.2 Å². The van der Waals surface area contributed by atoms with Crippen molar-refractivity contribution in [3.63, 3.8) is 0 Å². The molecule has 0 radical (unpaired) electrons. The van der Waals surface area contributed by atoms with Crippen LogP contribution in [0.25, 0.3) is 0 Å². The SMILES string of the molecule is N#Cc1nccnc1N1CCN(c2ccc(=O)n(Cc3ccc(F)cc3)n2)CC1. The molecule has 0 atom stereocenters. The highest BCUT2D eigenvalue weighted by Crippen LogP contribution is 2.18. The minimum atomic E-state index is -0.316. The van der Waals surface area contributed by atoms with Crippen molar-refractivity contribution >= 4 is 11.6 Å². The zero-order valence-corrected chi connectivity index (χ0v) is 15.6. The second-order valence-electron chi connectivity index (χ2n) is 6.63. The summed E-state index contributed by atoms with van der Waals surface area (Å²) in [4.78, 5) is 24.6. The molecule has 4 rings (SSSR count). The van der Waals surface area contributed by atoms with E-state index < -0.39 is 0 Å². The lowest BCUT2D eigenvalue weighted by atomic mass is 10.2.